The molecule has 3 aromatic carbocycles. The second-order valence-corrected chi connectivity index (χ2v) is 12.2. The summed E-state index contributed by atoms with van der Waals surface area (Å²) in [5, 5.41) is 7.42. The number of ether oxygens (including phenoxy) is 3. The standard InChI is InChI=1S/C37H37F2N5O5/c1-23-12-16-43(17-13-23)15-4-18-48-34-22-30-28(21-33(34)47-3)31(11-14-40-30)49-32-10-9-27(20-29(32)39)44-35(45)19-24(2)36(42-44)37(46)41-26-7-5-25(38)6-8-26/h5-11,14,19-23H,4,12-13,15-18H2,1-3H3,(H,41,46). The highest BCUT2D eigenvalue weighted by Gasteiger charge is 2.19. The van der Waals surface area contributed by atoms with Crippen molar-refractivity contribution in [2.45, 2.75) is 33.1 Å². The SMILES string of the molecule is COc1cc2c(Oc3ccc(-n4nc(C(=O)Nc5ccc(F)cc5)c(C)cc4=O)cc3F)ccnc2cc1OCCCN1CCC(C)CC1. The van der Waals surface area contributed by atoms with Gasteiger partial charge in [-0.25, -0.2) is 8.78 Å². The summed E-state index contributed by atoms with van der Waals surface area (Å²) in [5.41, 5.74) is 0.723. The number of anilines is 1. The molecule has 0 unspecified atom stereocenters. The quantitative estimate of drug-likeness (QED) is 0.151. The first-order chi connectivity index (χ1) is 23.7. The fraction of sp³-hybridized carbons (Fsp3) is 0.297. The molecule has 12 heteroatoms. The summed E-state index contributed by atoms with van der Waals surface area (Å²) in [6, 6.07) is 15.5. The van der Waals surface area contributed by atoms with Crippen LogP contribution in [0.15, 0.2) is 77.7 Å². The third kappa shape index (κ3) is 7.86. The lowest BCUT2D eigenvalue weighted by Crippen LogP contribution is -2.34. The molecule has 2 aromatic heterocycles. The van der Waals surface area contributed by atoms with Crippen molar-refractivity contribution in [2.24, 2.45) is 5.92 Å². The molecule has 0 aliphatic carbocycles. The Morgan fingerprint density at radius 2 is 1.73 bits per heavy atom. The molecule has 1 aliphatic rings. The van der Waals surface area contributed by atoms with E-state index in [0.717, 1.165) is 42.7 Å². The van der Waals surface area contributed by atoms with Crippen LogP contribution in [0, 0.1) is 24.5 Å². The number of amides is 1. The van der Waals surface area contributed by atoms with Crippen molar-refractivity contribution in [2.75, 3.05) is 38.7 Å². The van der Waals surface area contributed by atoms with E-state index in [1.807, 2.05) is 0 Å². The number of piperidine rings is 1. The lowest BCUT2D eigenvalue weighted by Gasteiger charge is -2.30. The number of benzene rings is 3. The number of nitrogens with one attached hydrogen (secondary N) is 1. The summed E-state index contributed by atoms with van der Waals surface area (Å²) in [4.78, 5) is 32.7. The number of fused-ring (bicyclic) bond motifs is 1. The molecule has 0 spiro atoms. The minimum atomic E-state index is -0.760. The number of nitrogens with zero attached hydrogens (tertiary/aromatic N) is 4. The van der Waals surface area contributed by atoms with Gasteiger partial charge in [0.2, 0.25) is 0 Å². The van der Waals surface area contributed by atoms with Gasteiger partial charge in [0, 0.05) is 42.0 Å². The van der Waals surface area contributed by atoms with Crippen LogP contribution in [0.2, 0.25) is 0 Å². The third-order valence-electron chi connectivity index (χ3n) is 8.56. The van der Waals surface area contributed by atoms with Crippen molar-refractivity contribution in [3.8, 4) is 28.7 Å². The first-order valence-corrected chi connectivity index (χ1v) is 16.2. The number of carbonyl (C=O) groups is 1. The molecule has 1 saturated heterocycles. The number of carbonyl (C=O) groups excluding carboxylic acids is 1. The van der Waals surface area contributed by atoms with Crippen molar-refractivity contribution < 1.29 is 27.8 Å². The van der Waals surface area contributed by atoms with Gasteiger partial charge in [-0.2, -0.15) is 9.78 Å². The number of aromatic nitrogens is 3. The minimum absolute atomic E-state index is 0.0538. The van der Waals surface area contributed by atoms with Crippen LogP contribution in [0.3, 0.4) is 0 Å². The number of aryl methyl sites for hydroxylation is 1. The Hall–Kier alpha value is -5.36. The van der Waals surface area contributed by atoms with Crippen molar-refractivity contribution >= 4 is 22.5 Å². The third-order valence-corrected chi connectivity index (χ3v) is 8.56. The van der Waals surface area contributed by atoms with Gasteiger partial charge in [-0.15, -0.1) is 0 Å². The maximum atomic E-state index is 15.5. The monoisotopic (exact) mass is 669 g/mol. The molecular weight excluding hydrogens is 632 g/mol. The van der Waals surface area contributed by atoms with E-state index in [0.29, 0.717) is 46.0 Å². The molecule has 49 heavy (non-hydrogen) atoms. The van der Waals surface area contributed by atoms with Gasteiger partial charge in [-0.05, 0) is 99.3 Å². The van der Waals surface area contributed by atoms with Crippen LogP contribution in [0.4, 0.5) is 14.5 Å². The molecule has 0 bridgehead atoms. The second-order valence-electron chi connectivity index (χ2n) is 12.2. The van der Waals surface area contributed by atoms with E-state index in [9.17, 15) is 14.0 Å². The molecule has 10 nitrogen and oxygen atoms in total. The molecule has 3 heterocycles. The summed E-state index contributed by atoms with van der Waals surface area (Å²) >= 11 is 0. The van der Waals surface area contributed by atoms with Gasteiger partial charge in [0.15, 0.2) is 28.8 Å². The zero-order chi connectivity index (χ0) is 34.5. The highest BCUT2D eigenvalue weighted by Crippen LogP contribution is 2.38. The predicted octanol–water partition coefficient (Wildman–Crippen LogP) is 6.92. The molecule has 0 atom stereocenters. The maximum absolute atomic E-state index is 15.5. The van der Waals surface area contributed by atoms with Crippen LogP contribution < -0.4 is 25.1 Å². The number of methoxy groups -OCH3 is 1. The van der Waals surface area contributed by atoms with Crippen LogP contribution in [0.5, 0.6) is 23.0 Å². The Kier molecular flexibility index (Phi) is 10.1. The highest BCUT2D eigenvalue weighted by atomic mass is 19.1. The van der Waals surface area contributed by atoms with Crippen LogP contribution >= 0.6 is 0 Å². The van der Waals surface area contributed by atoms with Crippen LogP contribution in [0.25, 0.3) is 16.6 Å². The van der Waals surface area contributed by atoms with Gasteiger partial charge in [0.05, 0.1) is 24.9 Å². The minimum Gasteiger partial charge on any atom is -0.493 e. The number of rotatable bonds is 11. The van der Waals surface area contributed by atoms with Crippen LogP contribution in [-0.4, -0.2) is 58.9 Å². The molecule has 1 aliphatic heterocycles. The van der Waals surface area contributed by atoms with Crippen molar-refractivity contribution in [1.29, 1.82) is 0 Å². The Balaban J connectivity index is 1.18. The smallest absolute Gasteiger partial charge is 0.276 e. The number of hydrogen-bond acceptors (Lipinski definition) is 8. The van der Waals surface area contributed by atoms with E-state index in [1.165, 1.54) is 55.3 Å². The Labute approximate surface area is 282 Å². The van der Waals surface area contributed by atoms with Gasteiger partial charge in [0.1, 0.15) is 11.6 Å². The Morgan fingerprint density at radius 1 is 0.959 bits per heavy atom. The van der Waals surface area contributed by atoms with E-state index in [1.54, 1.807) is 38.4 Å². The first kappa shape index (κ1) is 33.5. The van der Waals surface area contributed by atoms with Crippen molar-refractivity contribution in [3.05, 3.63) is 106 Å². The molecule has 5 aromatic rings. The van der Waals surface area contributed by atoms with Crippen molar-refractivity contribution in [1.82, 2.24) is 19.7 Å². The van der Waals surface area contributed by atoms with Crippen LogP contribution in [0.1, 0.15) is 42.2 Å². The predicted molar refractivity (Wildman–Crippen MR) is 182 cm³/mol. The molecular formula is C37H37F2N5O5. The topological polar surface area (TPSA) is 108 Å². The Bertz CT molecular complexity index is 2030. The van der Waals surface area contributed by atoms with Gasteiger partial charge < -0.3 is 24.4 Å². The van der Waals surface area contributed by atoms with Gasteiger partial charge in [-0.3, -0.25) is 14.6 Å². The van der Waals surface area contributed by atoms with E-state index in [2.05, 4.69) is 27.2 Å². The van der Waals surface area contributed by atoms with Gasteiger partial charge >= 0.3 is 0 Å². The summed E-state index contributed by atoms with van der Waals surface area (Å²) in [6.07, 6.45) is 4.91. The van der Waals surface area contributed by atoms with E-state index in [4.69, 9.17) is 14.2 Å². The fourth-order valence-electron chi connectivity index (χ4n) is 5.74. The van der Waals surface area contributed by atoms with E-state index >= 15 is 4.39 Å². The highest BCUT2D eigenvalue weighted by molar-refractivity contribution is 6.03. The molecule has 1 N–H and O–H groups in total. The maximum Gasteiger partial charge on any atom is 0.276 e. The average molecular weight is 670 g/mol. The fourth-order valence-corrected chi connectivity index (χ4v) is 5.74. The largest absolute Gasteiger partial charge is 0.493 e. The molecule has 1 amide bonds. The molecule has 0 saturated carbocycles. The lowest BCUT2D eigenvalue weighted by molar-refractivity contribution is 0.102. The van der Waals surface area contributed by atoms with Gasteiger partial charge in [0.25, 0.3) is 11.5 Å². The van der Waals surface area contributed by atoms with Gasteiger partial charge in [-0.1, -0.05) is 6.92 Å². The van der Waals surface area contributed by atoms with Crippen LogP contribution in [-0.2, 0) is 0 Å². The Morgan fingerprint density at radius 3 is 2.47 bits per heavy atom. The number of hydrogen-bond donors (Lipinski definition) is 1. The molecule has 1 fully saturated rings. The number of likely N-dealkylation sites (tertiary alicyclic amines) is 1. The van der Waals surface area contributed by atoms with Crippen molar-refractivity contribution in [3.63, 3.8) is 0 Å². The van der Waals surface area contributed by atoms with E-state index in [-0.39, 0.29) is 17.1 Å². The summed E-state index contributed by atoms with van der Waals surface area (Å²) < 4.78 is 47.4. The summed E-state index contributed by atoms with van der Waals surface area (Å²) in [7, 11) is 1.55. The molecule has 0 radical (unpaired) electrons. The molecule has 254 valence electrons. The summed E-state index contributed by atoms with van der Waals surface area (Å²) in [5.74, 6) is 0.266. The number of pyridine rings is 1. The first-order valence-electron chi connectivity index (χ1n) is 16.2. The zero-order valence-electron chi connectivity index (χ0n) is 27.5. The lowest BCUT2D eigenvalue weighted by atomic mass is 9.99. The second kappa shape index (κ2) is 14.8. The number of halogens is 2. The van der Waals surface area contributed by atoms with E-state index < -0.39 is 23.1 Å². The molecule has 6 rings (SSSR count). The zero-order valence-corrected chi connectivity index (χ0v) is 27.5. The average Bonchev–Trinajstić information content (AvgIpc) is 3.09. The normalized spacial score (nSPS) is 13.7. The summed E-state index contributed by atoms with van der Waals surface area (Å²) in [6.45, 7) is 7.62.